The van der Waals surface area contributed by atoms with Gasteiger partial charge >= 0.3 is 12.4 Å². The maximum Gasteiger partial charge on any atom is 0.416 e. The van der Waals surface area contributed by atoms with Crippen LogP contribution in [0.25, 0.3) is 0 Å². The van der Waals surface area contributed by atoms with Crippen molar-refractivity contribution in [2.45, 2.75) is 12.4 Å². The highest BCUT2D eigenvalue weighted by atomic mass is 31.7. The van der Waals surface area contributed by atoms with Crippen LogP contribution in [0.4, 0.5) is 26.3 Å². The SMILES string of the molecule is COc1ccc(P(=P)=C(c2ccc(C(F)(F)F)cc2)c2ccc(C(F)(F)F)cc2)cc1. The van der Waals surface area contributed by atoms with Gasteiger partial charge in [-0.25, -0.2) is 0 Å². The van der Waals surface area contributed by atoms with E-state index in [1.807, 2.05) is 0 Å². The van der Waals surface area contributed by atoms with E-state index in [0.717, 1.165) is 29.6 Å². The molecular weight excluding hydrogens is 456 g/mol. The molecule has 31 heavy (non-hydrogen) atoms. The van der Waals surface area contributed by atoms with Crippen molar-refractivity contribution in [1.82, 2.24) is 0 Å². The van der Waals surface area contributed by atoms with Gasteiger partial charge in [0, 0.05) is 10.6 Å². The van der Waals surface area contributed by atoms with Crippen LogP contribution in [0.15, 0.2) is 72.8 Å². The van der Waals surface area contributed by atoms with Crippen LogP contribution in [0.2, 0.25) is 0 Å². The summed E-state index contributed by atoms with van der Waals surface area (Å²) in [5.41, 5.74) is -0.647. The number of hydrogen-bond acceptors (Lipinski definition) is 1. The van der Waals surface area contributed by atoms with E-state index < -0.39 is 30.3 Å². The second-order valence-electron chi connectivity index (χ2n) is 6.53. The number of hydrogen-bond donors (Lipinski definition) is 0. The minimum absolute atomic E-state index is 0.477. The smallest absolute Gasteiger partial charge is 0.416 e. The molecule has 0 amide bonds. The Balaban J connectivity index is 2.17. The normalized spacial score (nSPS) is 12.4. The largest absolute Gasteiger partial charge is 0.497 e. The summed E-state index contributed by atoms with van der Waals surface area (Å²) >= 11 is 0. The highest BCUT2D eigenvalue weighted by Gasteiger charge is 2.31. The minimum atomic E-state index is -4.48. The summed E-state index contributed by atoms with van der Waals surface area (Å²) in [6.45, 7) is -1.28. The average Bonchev–Trinajstić information content (AvgIpc) is 2.73. The first-order valence-electron chi connectivity index (χ1n) is 8.88. The number of benzene rings is 3. The van der Waals surface area contributed by atoms with Crippen LogP contribution in [-0.4, -0.2) is 12.4 Å². The highest BCUT2D eigenvalue weighted by Crippen LogP contribution is 2.33. The fraction of sp³-hybridized carbons (Fsp3) is 0.136. The Labute approximate surface area is 177 Å². The molecule has 0 saturated heterocycles. The van der Waals surface area contributed by atoms with Gasteiger partial charge in [-0.05, 0) is 59.7 Å². The predicted octanol–water partition coefficient (Wildman–Crippen LogP) is 7.17. The number of ether oxygens (including phenoxy) is 1. The van der Waals surface area contributed by atoms with E-state index in [1.54, 1.807) is 24.3 Å². The van der Waals surface area contributed by atoms with Crippen molar-refractivity contribution < 1.29 is 31.1 Å². The lowest BCUT2D eigenvalue weighted by atomic mass is 10.0. The molecule has 1 nitrogen and oxygen atoms in total. The van der Waals surface area contributed by atoms with Crippen LogP contribution in [0.1, 0.15) is 22.3 Å². The molecule has 3 aromatic rings. The zero-order valence-electron chi connectivity index (χ0n) is 16.1. The molecule has 1 unspecified atom stereocenters. The Morgan fingerprint density at radius 3 is 1.39 bits per heavy atom. The molecule has 0 heterocycles. The molecule has 0 fully saturated rings. The summed E-state index contributed by atoms with van der Waals surface area (Å²) in [6, 6.07) is 16.2. The van der Waals surface area contributed by atoms with E-state index in [0.29, 0.717) is 22.2 Å². The van der Waals surface area contributed by atoms with Gasteiger partial charge in [0.15, 0.2) is 0 Å². The van der Waals surface area contributed by atoms with Crippen LogP contribution in [0.3, 0.4) is 0 Å². The molecule has 0 radical (unpaired) electrons. The van der Waals surface area contributed by atoms with Crippen LogP contribution in [0, 0.1) is 0 Å². The van der Waals surface area contributed by atoms with E-state index in [2.05, 4.69) is 8.53 Å². The fourth-order valence-corrected chi connectivity index (χ4v) is 5.66. The van der Waals surface area contributed by atoms with Crippen molar-refractivity contribution in [3.8, 4) is 5.75 Å². The second-order valence-corrected chi connectivity index (χ2v) is 9.51. The first-order valence-corrected chi connectivity index (χ1v) is 11.6. The van der Waals surface area contributed by atoms with Gasteiger partial charge < -0.3 is 4.74 Å². The lowest BCUT2D eigenvalue weighted by Gasteiger charge is -2.14. The first kappa shape index (κ1) is 23.2. The molecule has 0 aliphatic carbocycles. The molecule has 9 heteroatoms. The van der Waals surface area contributed by atoms with Crippen molar-refractivity contribution in [2.24, 2.45) is 0 Å². The van der Waals surface area contributed by atoms with Crippen molar-refractivity contribution >= 4 is 26.0 Å². The van der Waals surface area contributed by atoms with Crippen molar-refractivity contribution in [2.75, 3.05) is 7.11 Å². The van der Waals surface area contributed by atoms with Gasteiger partial charge in [-0.3, -0.25) is 0 Å². The fourth-order valence-electron chi connectivity index (χ4n) is 2.92. The molecule has 0 aromatic heterocycles. The molecule has 0 bridgehead atoms. The zero-order valence-corrected chi connectivity index (χ0v) is 17.9. The second kappa shape index (κ2) is 8.94. The summed E-state index contributed by atoms with van der Waals surface area (Å²) < 4.78 is 82.9. The summed E-state index contributed by atoms with van der Waals surface area (Å²) in [4.78, 5) is 0. The molecule has 1 atom stereocenters. The summed E-state index contributed by atoms with van der Waals surface area (Å²) in [5, 5.41) is 1.42. The number of rotatable bonds is 4. The molecule has 0 aliphatic heterocycles. The lowest BCUT2D eigenvalue weighted by Crippen LogP contribution is -2.09. The third-order valence-electron chi connectivity index (χ3n) is 4.53. The number of alkyl halides is 6. The molecule has 0 aliphatic rings. The maximum absolute atomic E-state index is 13.0. The van der Waals surface area contributed by atoms with E-state index in [4.69, 9.17) is 4.74 Å². The molecule has 3 rings (SSSR count). The van der Waals surface area contributed by atoms with Crippen LogP contribution in [0.5, 0.6) is 5.75 Å². The minimum Gasteiger partial charge on any atom is -0.497 e. The van der Waals surface area contributed by atoms with Crippen LogP contribution < -0.4 is 10.0 Å². The topological polar surface area (TPSA) is 9.23 Å². The number of methoxy groups -OCH3 is 1. The van der Waals surface area contributed by atoms with Gasteiger partial charge in [0.2, 0.25) is 0 Å². The summed E-state index contributed by atoms with van der Waals surface area (Å²) in [6.07, 6.45) is -8.97. The third-order valence-corrected chi connectivity index (χ3v) is 7.75. The molecule has 162 valence electrons. The van der Waals surface area contributed by atoms with E-state index in [1.165, 1.54) is 31.4 Å². The van der Waals surface area contributed by atoms with Gasteiger partial charge in [-0.2, -0.15) is 26.3 Å². The van der Waals surface area contributed by atoms with Crippen molar-refractivity contribution in [3.63, 3.8) is 0 Å². The first-order chi connectivity index (χ1) is 14.5. The molecule has 0 saturated carbocycles. The van der Waals surface area contributed by atoms with Crippen LogP contribution >= 0.6 is 15.4 Å². The predicted molar refractivity (Wildman–Crippen MR) is 114 cm³/mol. The Hall–Kier alpha value is -2.49. The summed E-state index contributed by atoms with van der Waals surface area (Å²) in [7, 11) is 5.22. The monoisotopic (exact) mass is 472 g/mol. The zero-order chi connectivity index (χ0) is 22.8. The Morgan fingerprint density at radius 2 is 1.06 bits per heavy atom. The molecule has 0 spiro atoms. The Kier molecular flexibility index (Phi) is 6.68. The van der Waals surface area contributed by atoms with Gasteiger partial charge in [-0.15, -0.1) is 0 Å². The average molecular weight is 472 g/mol. The van der Waals surface area contributed by atoms with Crippen molar-refractivity contribution in [3.05, 3.63) is 95.1 Å². The van der Waals surface area contributed by atoms with Crippen molar-refractivity contribution in [1.29, 1.82) is 0 Å². The van der Waals surface area contributed by atoms with Gasteiger partial charge in [0.25, 0.3) is 0 Å². The highest BCUT2D eigenvalue weighted by molar-refractivity contribution is 7.91. The molecular formula is C22H16F6OP2. The summed E-state index contributed by atoms with van der Waals surface area (Å²) in [5.74, 6) is 0.629. The quantitative estimate of drug-likeness (QED) is 0.289. The van der Waals surface area contributed by atoms with Crippen LogP contribution in [-0.2, 0) is 12.4 Å². The van der Waals surface area contributed by atoms with Gasteiger partial charge in [-0.1, -0.05) is 39.6 Å². The molecule has 3 aromatic carbocycles. The Morgan fingerprint density at radius 1 is 0.677 bits per heavy atom. The van der Waals surface area contributed by atoms with Gasteiger partial charge in [0.05, 0.1) is 18.2 Å². The van der Waals surface area contributed by atoms with E-state index in [9.17, 15) is 26.3 Å². The van der Waals surface area contributed by atoms with E-state index in [-0.39, 0.29) is 0 Å². The standard InChI is InChI=1S/C22H16F6OP2/c1-29-18-10-12-19(13-11-18)31(30)20(14-2-6-16(7-3-14)21(23,24)25)15-4-8-17(9-5-15)22(26,27)28/h2-13,30H,1H3. The Bertz CT molecular complexity index is 1060. The van der Waals surface area contributed by atoms with Gasteiger partial charge in [0.1, 0.15) is 5.75 Å². The number of halogens is 6. The molecule has 0 N–H and O–H groups in total. The van der Waals surface area contributed by atoms with E-state index >= 15 is 0 Å². The maximum atomic E-state index is 13.0. The third kappa shape index (κ3) is 5.41. The lowest BCUT2D eigenvalue weighted by molar-refractivity contribution is -0.138.